The lowest BCUT2D eigenvalue weighted by molar-refractivity contribution is 0.104. The molecule has 0 amide bonds. The van der Waals surface area contributed by atoms with Gasteiger partial charge in [0, 0.05) is 23.9 Å². The molecule has 0 saturated heterocycles. The molecule has 0 radical (unpaired) electrons. The van der Waals surface area contributed by atoms with E-state index in [-0.39, 0.29) is 5.78 Å². The second kappa shape index (κ2) is 8.72. The number of ketones is 1. The Morgan fingerprint density at radius 3 is 2.22 bits per heavy atom. The minimum absolute atomic E-state index is 0.0797. The number of nitrogens with one attached hydrogen (secondary N) is 1. The minimum atomic E-state index is -0.0797. The third kappa shape index (κ3) is 4.55. The number of methoxy groups -OCH3 is 2. The molecule has 0 atom stereocenters. The molecule has 0 spiro atoms. The standard InChI is InChI=1S/C23H21NO3/c1-26-20-12-13-23(27-2)21(16-20)24-15-14-22(25)19-10-8-18(9-11-19)17-6-4-3-5-7-17/h3-16,24H,1-2H3/b15-14+. The Balaban J connectivity index is 1.68. The van der Waals surface area contributed by atoms with Crippen molar-refractivity contribution in [3.63, 3.8) is 0 Å². The van der Waals surface area contributed by atoms with E-state index in [0.29, 0.717) is 17.1 Å². The fourth-order valence-corrected chi connectivity index (χ4v) is 2.69. The number of rotatable bonds is 7. The zero-order chi connectivity index (χ0) is 19.1. The highest BCUT2D eigenvalue weighted by Crippen LogP contribution is 2.28. The van der Waals surface area contributed by atoms with Gasteiger partial charge in [0.1, 0.15) is 11.5 Å². The minimum Gasteiger partial charge on any atom is -0.497 e. The molecule has 4 nitrogen and oxygen atoms in total. The lowest BCUT2D eigenvalue weighted by Gasteiger charge is -2.09. The second-order valence-corrected chi connectivity index (χ2v) is 5.85. The average molecular weight is 359 g/mol. The molecule has 27 heavy (non-hydrogen) atoms. The number of carbonyl (C=O) groups excluding carboxylic acids is 1. The summed E-state index contributed by atoms with van der Waals surface area (Å²) in [7, 11) is 3.19. The van der Waals surface area contributed by atoms with Crippen molar-refractivity contribution in [1.82, 2.24) is 0 Å². The van der Waals surface area contributed by atoms with Gasteiger partial charge < -0.3 is 14.8 Å². The van der Waals surface area contributed by atoms with Crippen LogP contribution in [0.25, 0.3) is 11.1 Å². The maximum Gasteiger partial charge on any atom is 0.187 e. The van der Waals surface area contributed by atoms with Gasteiger partial charge in [0.05, 0.1) is 19.9 Å². The molecule has 3 rings (SSSR count). The van der Waals surface area contributed by atoms with Crippen LogP contribution in [0.3, 0.4) is 0 Å². The molecule has 3 aromatic rings. The van der Waals surface area contributed by atoms with Crippen LogP contribution in [0.4, 0.5) is 5.69 Å². The van der Waals surface area contributed by atoms with E-state index < -0.39 is 0 Å². The Kier molecular flexibility index (Phi) is 5.90. The van der Waals surface area contributed by atoms with Gasteiger partial charge in [-0.1, -0.05) is 54.6 Å². The average Bonchev–Trinajstić information content (AvgIpc) is 2.74. The Morgan fingerprint density at radius 2 is 1.56 bits per heavy atom. The van der Waals surface area contributed by atoms with Crippen LogP contribution in [0.2, 0.25) is 0 Å². The smallest absolute Gasteiger partial charge is 0.187 e. The van der Waals surface area contributed by atoms with Crippen molar-refractivity contribution in [3.05, 3.63) is 90.6 Å². The third-order valence-electron chi connectivity index (χ3n) is 4.16. The van der Waals surface area contributed by atoms with Gasteiger partial charge >= 0.3 is 0 Å². The first-order valence-electron chi connectivity index (χ1n) is 8.56. The van der Waals surface area contributed by atoms with E-state index in [9.17, 15) is 4.79 Å². The van der Waals surface area contributed by atoms with Gasteiger partial charge in [0.15, 0.2) is 5.78 Å². The molecule has 1 N–H and O–H groups in total. The fraction of sp³-hybridized carbons (Fsp3) is 0.0870. The van der Waals surface area contributed by atoms with Gasteiger partial charge in [-0.2, -0.15) is 0 Å². The van der Waals surface area contributed by atoms with Crippen LogP contribution in [0.5, 0.6) is 11.5 Å². The number of anilines is 1. The van der Waals surface area contributed by atoms with Crippen molar-refractivity contribution in [2.24, 2.45) is 0 Å². The van der Waals surface area contributed by atoms with E-state index in [1.54, 1.807) is 26.5 Å². The highest BCUT2D eigenvalue weighted by molar-refractivity contribution is 6.04. The molecule has 0 aromatic heterocycles. The van der Waals surface area contributed by atoms with Gasteiger partial charge in [0.2, 0.25) is 0 Å². The summed E-state index contributed by atoms with van der Waals surface area (Å²) < 4.78 is 10.5. The summed E-state index contributed by atoms with van der Waals surface area (Å²) in [5.41, 5.74) is 3.56. The topological polar surface area (TPSA) is 47.6 Å². The summed E-state index contributed by atoms with van der Waals surface area (Å²) >= 11 is 0. The van der Waals surface area contributed by atoms with Crippen molar-refractivity contribution in [3.8, 4) is 22.6 Å². The summed E-state index contributed by atoms with van der Waals surface area (Å²) in [6.07, 6.45) is 3.10. The highest BCUT2D eigenvalue weighted by atomic mass is 16.5. The van der Waals surface area contributed by atoms with E-state index in [2.05, 4.69) is 5.32 Å². The molecule has 0 heterocycles. The number of benzene rings is 3. The van der Waals surface area contributed by atoms with Gasteiger partial charge in [-0.3, -0.25) is 4.79 Å². The van der Waals surface area contributed by atoms with E-state index >= 15 is 0 Å². The van der Waals surface area contributed by atoms with Crippen LogP contribution in [0.1, 0.15) is 10.4 Å². The van der Waals surface area contributed by atoms with E-state index in [1.165, 1.54) is 6.08 Å². The maximum atomic E-state index is 12.4. The summed E-state index contributed by atoms with van der Waals surface area (Å²) in [4.78, 5) is 12.4. The van der Waals surface area contributed by atoms with E-state index in [1.807, 2.05) is 66.7 Å². The predicted molar refractivity (Wildman–Crippen MR) is 109 cm³/mol. The lowest BCUT2D eigenvalue weighted by Crippen LogP contribution is -1.98. The van der Waals surface area contributed by atoms with Gasteiger partial charge in [-0.25, -0.2) is 0 Å². The third-order valence-corrected chi connectivity index (χ3v) is 4.16. The van der Waals surface area contributed by atoms with Crippen molar-refractivity contribution >= 4 is 11.5 Å². The zero-order valence-electron chi connectivity index (χ0n) is 15.3. The first kappa shape index (κ1) is 18.3. The number of allylic oxidation sites excluding steroid dienone is 1. The summed E-state index contributed by atoms with van der Waals surface area (Å²) in [5, 5.41) is 3.07. The van der Waals surface area contributed by atoms with Crippen LogP contribution in [-0.2, 0) is 0 Å². The fourth-order valence-electron chi connectivity index (χ4n) is 2.69. The first-order valence-corrected chi connectivity index (χ1v) is 8.56. The number of carbonyl (C=O) groups is 1. The lowest BCUT2D eigenvalue weighted by atomic mass is 10.0. The molecular formula is C23H21NO3. The van der Waals surface area contributed by atoms with Crippen LogP contribution in [0, 0.1) is 0 Å². The predicted octanol–water partition coefficient (Wildman–Crippen LogP) is 5.18. The molecule has 136 valence electrons. The summed E-state index contributed by atoms with van der Waals surface area (Å²) in [5.74, 6) is 1.29. The largest absolute Gasteiger partial charge is 0.497 e. The molecule has 0 fully saturated rings. The molecule has 0 aliphatic rings. The molecule has 0 aliphatic heterocycles. The molecule has 0 bridgehead atoms. The monoisotopic (exact) mass is 359 g/mol. The molecule has 0 unspecified atom stereocenters. The van der Waals surface area contributed by atoms with Gasteiger partial charge in [0.25, 0.3) is 0 Å². The van der Waals surface area contributed by atoms with Crippen LogP contribution < -0.4 is 14.8 Å². The number of hydrogen-bond donors (Lipinski definition) is 1. The van der Waals surface area contributed by atoms with Crippen molar-refractivity contribution in [2.75, 3.05) is 19.5 Å². The molecule has 3 aromatic carbocycles. The van der Waals surface area contributed by atoms with Crippen molar-refractivity contribution in [1.29, 1.82) is 0 Å². The maximum absolute atomic E-state index is 12.4. The molecule has 0 saturated carbocycles. The molecular weight excluding hydrogens is 338 g/mol. The zero-order valence-corrected chi connectivity index (χ0v) is 15.3. The van der Waals surface area contributed by atoms with E-state index in [0.717, 1.165) is 16.8 Å². The molecule has 4 heteroatoms. The SMILES string of the molecule is COc1ccc(OC)c(N/C=C/C(=O)c2ccc(-c3ccccc3)cc2)c1. The molecule has 0 aliphatic carbocycles. The van der Waals surface area contributed by atoms with Crippen molar-refractivity contribution in [2.45, 2.75) is 0 Å². The highest BCUT2D eigenvalue weighted by Gasteiger charge is 2.05. The Labute approximate surface area is 159 Å². The second-order valence-electron chi connectivity index (χ2n) is 5.85. The summed E-state index contributed by atoms with van der Waals surface area (Å²) in [6.45, 7) is 0. The van der Waals surface area contributed by atoms with E-state index in [4.69, 9.17) is 9.47 Å². The Morgan fingerprint density at radius 1 is 0.852 bits per heavy atom. The van der Waals surface area contributed by atoms with Crippen molar-refractivity contribution < 1.29 is 14.3 Å². The van der Waals surface area contributed by atoms with Crippen LogP contribution in [-0.4, -0.2) is 20.0 Å². The Hall–Kier alpha value is -3.53. The summed E-state index contributed by atoms with van der Waals surface area (Å²) in [6, 6.07) is 23.1. The Bertz CT molecular complexity index is 932. The number of ether oxygens (including phenoxy) is 2. The van der Waals surface area contributed by atoms with Gasteiger partial charge in [-0.15, -0.1) is 0 Å². The normalized spacial score (nSPS) is 10.6. The quantitative estimate of drug-likeness (QED) is 0.466. The van der Waals surface area contributed by atoms with Gasteiger partial charge in [-0.05, 0) is 23.3 Å². The van der Waals surface area contributed by atoms with Crippen LogP contribution >= 0.6 is 0 Å². The van der Waals surface area contributed by atoms with Crippen LogP contribution in [0.15, 0.2) is 85.1 Å². The number of hydrogen-bond acceptors (Lipinski definition) is 4. The first-order chi connectivity index (χ1) is 13.2.